The number of aromatic nitrogens is 1. The number of hydrogen-bond donors (Lipinski definition) is 4. The monoisotopic (exact) mass is 815 g/mol. The van der Waals surface area contributed by atoms with Crippen LogP contribution in [0, 0.1) is 11.6 Å². The van der Waals surface area contributed by atoms with Crippen molar-refractivity contribution in [3.05, 3.63) is 137 Å². The number of carbonyl (C=O) groups excluding carboxylic acids is 4. The lowest BCUT2D eigenvalue weighted by Crippen LogP contribution is -2.27. The molecular weight excluding hydrogens is 776 g/mol. The Balaban J connectivity index is 0.000000249. The molecule has 286 valence electrons. The smallest absolute Gasteiger partial charge is 0.412 e. The standard InChI is InChI=1S/C23H22FN3O3.C18H18BrFN2O3/c1-23(2,3)30-22(29)27-20-9-5-4-8-19(20)26-21(28)15-10-11-17(18(24)13-15)16-7-6-12-25-14-16;1-18(2,3)25-17(24)22-15-7-5-4-6-14(15)21-16(23)11-8-9-12(19)13(20)10-11/h4-14H,1-3H3,(H,26,28)(H,27,29);4-10H,1-3H3,(H,21,23)(H,22,24). The van der Waals surface area contributed by atoms with Crippen LogP contribution in [0.1, 0.15) is 62.3 Å². The molecule has 0 bridgehead atoms. The highest BCUT2D eigenvalue weighted by atomic mass is 79.9. The van der Waals surface area contributed by atoms with E-state index in [9.17, 15) is 28.0 Å². The third-order valence-corrected chi connectivity index (χ3v) is 7.65. The second-order valence-corrected chi connectivity index (χ2v) is 14.7. The number of halogens is 3. The Bertz CT molecular complexity index is 2170. The van der Waals surface area contributed by atoms with Crippen LogP contribution in [0.3, 0.4) is 0 Å². The van der Waals surface area contributed by atoms with Gasteiger partial charge in [-0.25, -0.2) is 18.4 Å². The first-order valence-corrected chi connectivity index (χ1v) is 17.6. The summed E-state index contributed by atoms with van der Waals surface area (Å²) in [6.07, 6.45) is 1.88. The Hall–Kier alpha value is -6.15. The molecule has 0 saturated heterocycles. The fraction of sp³-hybridized carbons (Fsp3) is 0.195. The maximum Gasteiger partial charge on any atom is 0.412 e. The largest absolute Gasteiger partial charge is 0.444 e. The molecule has 0 spiro atoms. The molecule has 1 heterocycles. The first kappa shape index (κ1) is 41.6. The zero-order valence-electron chi connectivity index (χ0n) is 30.9. The van der Waals surface area contributed by atoms with Gasteiger partial charge in [0.05, 0.1) is 27.2 Å². The number of anilines is 4. The molecule has 0 unspecified atom stereocenters. The van der Waals surface area contributed by atoms with E-state index in [2.05, 4.69) is 42.2 Å². The van der Waals surface area contributed by atoms with Crippen molar-refractivity contribution in [3.63, 3.8) is 0 Å². The van der Waals surface area contributed by atoms with Crippen LogP contribution in [0.25, 0.3) is 11.1 Å². The Morgan fingerprint density at radius 2 is 1.02 bits per heavy atom. The number of benzene rings is 4. The van der Waals surface area contributed by atoms with E-state index in [0.29, 0.717) is 33.9 Å². The average Bonchev–Trinajstić information content (AvgIpc) is 3.10. The van der Waals surface area contributed by atoms with Crippen LogP contribution in [0.2, 0.25) is 0 Å². The van der Waals surface area contributed by atoms with E-state index >= 15 is 0 Å². The fourth-order valence-corrected chi connectivity index (χ4v) is 4.91. The van der Waals surface area contributed by atoms with Gasteiger partial charge >= 0.3 is 12.2 Å². The van der Waals surface area contributed by atoms with E-state index in [1.54, 1.807) is 115 Å². The first-order valence-electron chi connectivity index (χ1n) is 16.8. The summed E-state index contributed by atoms with van der Waals surface area (Å²) in [5.74, 6) is -2.07. The van der Waals surface area contributed by atoms with Crippen molar-refractivity contribution < 1.29 is 37.4 Å². The number of hydrogen-bond acceptors (Lipinski definition) is 7. The highest BCUT2D eigenvalue weighted by Gasteiger charge is 2.20. The minimum atomic E-state index is -0.657. The third kappa shape index (κ3) is 13.0. The highest BCUT2D eigenvalue weighted by molar-refractivity contribution is 9.10. The van der Waals surface area contributed by atoms with Crippen molar-refractivity contribution >= 4 is 62.7 Å². The van der Waals surface area contributed by atoms with Crippen LogP contribution in [-0.2, 0) is 9.47 Å². The molecule has 0 aliphatic heterocycles. The predicted molar refractivity (Wildman–Crippen MR) is 212 cm³/mol. The van der Waals surface area contributed by atoms with Gasteiger partial charge in [0, 0.05) is 34.6 Å². The lowest BCUT2D eigenvalue weighted by atomic mass is 10.0. The Kier molecular flexibility index (Phi) is 13.8. The van der Waals surface area contributed by atoms with E-state index in [0.717, 1.165) is 6.07 Å². The zero-order chi connectivity index (χ0) is 40.3. The second kappa shape index (κ2) is 18.3. The molecule has 0 aliphatic rings. The van der Waals surface area contributed by atoms with Crippen LogP contribution in [0.5, 0.6) is 0 Å². The van der Waals surface area contributed by atoms with Crippen molar-refractivity contribution in [2.75, 3.05) is 21.3 Å². The lowest BCUT2D eigenvalue weighted by Gasteiger charge is -2.20. The molecule has 4 aromatic carbocycles. The van der Waals surface area contributed by atoms with E-state index in [-0.39, 0.29) is 15.6 Å². The molecule has 11 nitrogen and oxygen atoms in total. The van der Waals surface area contributed by atoms with E-state index in [1.165, 1.54) is 30.3 Å². The summed E-state index contributed by atoms with van der Waals surface area (Å²) in [5.41, 5.74) is 1.47. The fourth-order valence-electron chi connectivity index (χ4n) is 4.67. The number of nitrogens with one attached hydrogen (secondary N) is 4. The highest BCUT2D eigenvalue weighted by Crippen LogP contribution is 2.27. The maximum absolute atomic E-state index is 14.6. The number of ether oxygens (including phenoxy) is 2. The molecule has 0 aliphatic carbocycles. The average molecular weight is 817 g/mol. The lowest BCUT2D eigenvalue weighted by molar-refractivity contribution is 0.0624. The van der Waals surface area contributed by atoms with Gasteiger partial charge in [-0.05, 0) is 118 Å². The first-order chi connectivity index (χ1) is 25.9. The number of rotatable bonds is 7. The van der Waals surface area contributed by atoms with Crippen molar-refractivity contribution in [2.45, 2.75) is 52.7 Å². The SMILES string of the molecule is CC(C)(C)OC(=O)Nc1ccccc1NC(=O)c1ccc(-c2cccnc2)c(F)c1.CC(C)(C)OC(=O)Nc1ccccc1NC(=O)c1ccc(Br)c(F)c1. The molecule has 0 saturated carbocycles. The van der Waals surface area contributed by atoms with Crippen LogP contribution in [0.15, 0.2) is 114 Å². The molecule has 1 aromatic heterocycles. The van der Waals surface area contributed by atoms with Crippen LogP contribution >= 0.6 is 15.9 Å². The zero-order valence-corrected chi connectivity index (χ0v) is 32.5. The number of amides is 4. The predicted octanol–water partition coefficient (Wildman–Crippen LogP) is 10.7. The maximum atomic E-state index is 14.6. The normalized spacial score (nSPS) is 10.9. The minimum Gasteiger partial charge on any atom is -0.444 e. The summed E-state index contributed by atoms with van der Waals surface area (Å²) in [7, 11) is 0. The van der Waals surface area contributed by atoms with Gasteiger partial charge in [0.25, 0.3) is 11.8 Å². The summed E-state index contributed by atoms with van der Waals surface area (Å²) < 4.78 is 38.9. The number of nitrogens with zero attached hydrogens (tertiary/aromatic N) is 1. The van der Waals surface area contributed by atoms with E-state index in [1.807, 2.05) is 0 Å². The number of carbonyl (C=O) groups is 4. The molecule has 5 aromatic rings. The summed E-state index contributed by atoms with van der Waals surface area (Å²) in [6, 6.07) is 25.1. The quantitative estimate of drug-likeness (QED) is 0.128. The molecule has 4 amide bonds. The molecule has 0 fully saturated rings. The second-order valence-electron chi connectivity index (χ2n) is 13.8. The van der Waals surface area contributed by atoms with Gasteiger partial charge in [0.2, 0.25) is 0 Å². The summed E-state index contributed by atoms with van der Waals surface area (Å²) in [5, 5.41) is 10.5. The molecule has 0 atom stereocenters. The van der Waals surface area contributed by atoms with Gasteiger partial charge in [-0.1, -0.05) is 36.4 Å². The van der Waals surface area contributed by atoms with Crippen molar-refractivity contribution in [1.29, 1.82) is 0 Å². The molecule has 5 rings (SSSR count). The molecular formula is C41H40BrF2N5O6. The van der Waals surface area contributed by atoms with E-state index in [4.69, 9.17) is 9.47 Å². The molecule has 14 heteroatoms. The summed E-state index contributed by atoms with van der Waals surface area (Å²) in [6.45, 7) is 10.5. The van der Waals surface area contributed by atoms with Gasteiger partial charge in [0.1, 0.15) is 22.8 Å². The summed E-state index contributed by atoms with van der Waals surface area (Å²) >= 11 is 3.04. The number of para-hydroxylation sites is 4. The minimum absolute atomic E-state index is 0.146. The Labute approximate surface area is 326 Å². The topological polar surface area (TPSA) is 148 Å². The van der Waals surface area contributed by atoms with Gasteiger partial charge < -0.3 is 20.1 Å². The van der Waals surface area contributed by atoms with Crippen LogP contribution in [0.4, 0.5) is 41.1 Å². The summed E-state index contributed by atoms with van der Waals surface area (Å²) in [4.78, 5) is 52.9. The number of pyridine rings is 1. The van der Waals surface area contributed by atoms with Gasteiger partial charge in [-0.3, -0.25) is 25.2 Å². The van der Waals surface area contributed by atoms with Crippen molar-refractivity contribution in [2.24, 2.45) is 0 Å². The molecule has 55 heavy (non-hydrogen) atoms. The van der Waals surface area contributed by atoms with Crippen molar-refractivity contribution in [3.8, 4) is 11.1 Å². The van der Waals surface area contributed by atoms with Crippen LogP contribution in [-0.4, -0.2) is 40.2 Å². The van der Waals surface area contributed by atoms with Gasteiger partial charge in [-0.2, -0.15) is 0 Å². The Morgan fingerprint density at radius 3 is 1.42 bits per heavy atom. The van der Waals surface area contributed by atoms with Gasteiger partial charge in [-0.15, -0.1) is 0 Å². The van der Waals surface area contributed by atoms with Crippen molar-refractivity contribution in [1.82, 2.24) is 4.98 Å². The van der Waals surface area contributed by atoms with E-state index < -0.39 is 46.8 Å². The molecule has 4 N–H and O–H groups in total. The third-order valence-electron chi connectivity index (χ3n) is 7.01. The van der Waals surface area contributed by atoms with Crippen LogP contribution < -0.4 is 21.3 Å². The van der Waals surface area contributed by atoms with Gasteiger partial charge in [0.15, 0.2) is 0 Å². The Morgan fingerprint density at radius 1 is 0.582 bits per heavy atom. The molecule has 0 radical (unpaired) electrons.